The number of rotatable bonds is 2. The third-order valence-corrected chi connectivity index (χ3v) is 2.10. The fourth-order valence-electron chi connectivity index (χ4n) is 1.35. The molecule has 78 valence electrons. The third kappa shape index (κ3) is 1.96. The fraction of sp³-hybridized carbons (Fsp3) is 0.200. The van der Waals surface area contributed by atoms with Crippen LogP contribution in [0.5, 0.6) is 0 Å². The van der Waals surface area contributed by atoms with Crippen molar-refractivity contribution in [2.75, 3.05) is 0 Å². The van der Waals surface area contributed by atoms with Crippen LogP contribution in [0.2, 0.25) is 0 Å². The van der Waals surface area contributed by atoms with Gasteiger partial charge in [-0.3, -0.25) is 0 Å². The number of nitrogens with zero attached hydrogens (tertiary/aromatic N) is 1. The van der Waals surface area contributed by atoms with Crippen LogP contribution in [0.25, 0.3) is 0 Å². The molecule has 1 unspecified atom stereocenters. The lowest BCUT2D eigenvalue weighted by Gasteiger charge is -2.00. The molecule has 1 aliphatic rings. The molecule has 1 heterocycles. The first-order valence-corrected chi connectivity index (χ1v) is 4.38. The quantitative estimate of drug-likeness (QED) is 0.800. The van der Waals surface area contributed by atoms with E-state index in [0.717, 1.165) is 0 Å². The van der Waals surface area contributed by atoms with Gasteiger partial charge in [0.15, 0.2) is 0 Å². The minimum absolute atomic E-state index is 0.165. The van der Waals surface area contributed by atoms with Gasteiger partial charge in [-0.05, 0) is 12.1 Å². The van der Waals surface area contributed by atoms with Crippen LogP contribution in [0.15, 0.2) is 29.4 Å². The minimum atomic E-state index is -1.06. The van der Waals surface area contributed by atoms with Gasteiger partial charge in [-0.15, -0.1) is 0 Å². The van der Waals surface area contributed by atoms with E-state index < -0.39 is 12.1 Å². The first-order chi connectivity index (χ1) is 7.16. The zero-order valence-corrected chi connectivity index (χ0v) is 7.68. The van der Waals surface area contributed by atoms with Crippen LogP contribution in [-0.2, 0) is 9.63 Å². The van der Waals surface area contributed by atoms with Crippen molar-refractivity contribution in [3.8, 4) is 0 Å². The molecule has 1 aromatic rings. The maximum absolute atomic E-state index is 12.9. The number of benzene rings is 1. The molecule has 0 fully saturated rings. The molecule has 2 rings (SSSR count). The van der Waals surface area contributed by atoms with Crippen LogP contribution in [0.3, 0.4) is 0 Å². The van der Waals surface area contributed by atoms with Gasteiger partial charge in [-0.1, -0.05) is 17.3 Å². The first-order valence-electron chi connectivity index (χ1n) is 4.38. The Balaban J connectivity index is 2.17. The molecular formula is C10H8FNO3. The molecule has 0 bridgehead atoms. The molecule has 1 atom stereocenters. The van der Waals surface area contributed by atoms with Gasteiger partial charge >= 0.3 is 5.97 Å². The molecule has 5 heteroatoms. The van der Waals surface area contributed by atoms with Crippen LogP contribution < -0.4 is 0 Å². The average Bonchev–Trinajstić information content (AvgIpc) is 2.66. The fourth-order valence-corrected chi connectivity index (χ4v) is 1.35. The summed E-state index contributed by atoms with van der Waals surface area (Å²) in [6.45, 7) is 0. The second-order valence-corrected chi connectivity index (χ2v) is 3.18. The number of carboxylic acids is 1. The van der Waals surface area contributed by atoms with E-state index in [1.54, 1.807) is 12.1 Å². The highest BCUT2D eigenvalue weighted by atomic mass is 19.1. The average molecular weight is 209 g/mol. The predicted molar refractivity (Wildman–Crippen MR) is 50.1 cm³/mol. The number of hydrogen-bond acceptors (Lipinski definition) is 3. The maximum Gasteiger partial charge on any atom is 0.348 e. The Kier molecular flexibility index (Phi) is 2.37. The van der Waals surface area contributed by atoms with Gasteiger partial charge < -0.3 is 9.94 Å². The maximum atomic E-state index is 12.9. The summed E-state index contributed by atoms with van der Waals surface area (Å²) in [6.07, 6.45) is -0.790. The zero-order chi connectivity index (χ0) is 10.8. The Morgan fingerprint density at radius 3 is 3.00 bits per heavy atom. The van der Waals surface area contributed by atoms with E-state index in [1.807, 2.05) is 0 Å². The number of carbonyl (C=O) groups is 1. The van der Waals surface area contributed by atoms with Crippen LogP contribution in [-0.4, -0.2) is 22.9 Å². The molecule has 1 aromatic carbocycles. The second kappa shape index (κ2) is 3.68. The van der Waals surface area contributed by atoms with Crippen molar-refractivity contribution in [2.24, 2.45) is 5.16 Å². The molecule has 0 saturated heterocycles. The number of aliphatic carboxylic acids is 1. The van der Waals surface area contributed by atoms with Gasteiger partial charge in [0.1, 0.15) is 5.82 Å². The standard InChI is InChI=1S/C10H8FNO3/c11-7-3-1-2-6(4-7)8-5-9(10(13)14)15-12-8/h1-4,9H,5H2,(H,13,14). The van der Waals surface area contributed by atoms with Crippen molar-refractivity contribution in [3.63, 3.8) is 0 Å². The molecule has 15 heavy (non-hydrogen) atoms. The van der Waals surface area contributed by atoms with Crippen molar-refractivity contribution >= 4 is 11.7 Å². The summed E-state index contributed by atoms with van der Waals surface area (Å²) in [4.78, 5) is 15.3. The molecule has 0 saturated carbocycles. The summed E-state index contributed by atoms with van der Waals surface area (Å²) in [5.41, 5.74) is 1.01. The van der Waals surface area contributed by atoms with Gasteiger partial charge in [0.2, 0.25) is 6.10 Å². The SMILES string of the molecule is O=C(O)C1CC(c2cccc(F)c2)=NO1. The number of halogens is 1. The van der Waals surface area contributed by atoms with E-state index >= 15 is 0 Å². The van der Waals surface area contributed by atoms with Crippen molar-refractivity contribution in [3.05, 3.63) is 35.6 Å². The van der Waals surface area contributed by atoms with Crippen molar-refractivity contribution < 1.29 is 19.1 Å². The predicted octanol–water partition coefficient (Wildman–Crippen LogP) is 1.40. The van der Waals surface area contributed by atoms with Crippen LogP contribution in [0.1, 0.15) is 12.0 Å². The molecule has 0 amide bonds. The van der Waals surface area contributed by atoms with Crippen molar-refractivity contribution in [2.45, 2.75) is 12.5 Å². The Hall–Kier alpha value is -1.91. The first kappa shape index (κ1) is 9.64. The minimum Gasteiger partial charge on any atom is -0.478 e. The molecule has 1 aliphatic heterocycles. The Labute approximate surface area is 85.0 Å². The molecule has 0 aromatic heterocycles. The van der Waals surface area contributed by atoms with Gasteiger partial charge in [0.05, 0.1) is 5.71 Å². The van der Waals surface area contributed by atoms with Gasteiger partial charge in [0, 0.05) is 12.0 Å². The van der Waals surface area contributed by atoms with E-state index in [-0.39, 0.29) is 12.2 Å². The topological polar surface area (TPSA) is 58.9 Å². The molecule has 0 aliphatic carbocycles. The summed E-state index contributed by atoms with van der Waals surface area (Å²) < 4.78 is 12.9. The van der Waals surface area contributed by atoms with E-state index in [9.17, 15) is 9.18 Å². The normalized spacial score (nSPS) is 19.5. The van der Waals surface area contributed by atoms with E-state index in [4.69, 9.17) is 5.11 Å². The Morgan fingerprint density at radius 2 is 2.40 bits per heavy atom. The molecule has 0 spiro atoms. The van der Waals surface area contributed by atoms with Crippen molar-refractivity contribution in [1.29, 1.82) is 0 Å². The summed E-state index contributed by atoms with van der Waals surface area (Å²) in [6, 6.07) is 5.82. The Morgan fingerprint density at radius 1 is 1.60 bits per heavy atom. The van der Waals surface area contributed by atoms with Gasteiger partial charge in [-0.2, -0.15) is 0 Å². The highest BCUT2D eigenvalue weighted by molar-refractivity contribution is 6.03. The summed E-state index contributed by atoms with van der Waals surface area (Å²) >= 11 is 0. The highest BCUT2D eigenvalue weighted by Gasteiger charge is 2.28. The monoisotopic (exact) mass is 209 g/mol. The highest BCUT2D eigenvalue weighted by Crippen LogP contribution is 2.17. The lowest BCUT2D eigenvalue weighted by molar-refractivity contribution is -0.148. The number of oxime groups is 1. The number of hydrogen-bond donors (Lipinski definition) is 1. The van der Waals surface area contributed by atoms with Crippen LogP contribution in [0.4, 0.5) is 4.39 Å². The molecule has 4 nitrogen and oxygen atoms in total. The van der Waals surface area contributed by atoms with Gasteiger partial charge in [0.25, 0.3) is 0 Å². The Bertz CT molecular complexity index is 430. The second-order valence-electron chi connectivity index (χ2n) is 3.18. The lowest BCUT2D eigenvalue weighted by atomic mass is 10.1. The molecule has 0 radical (unpaired) electrons. The largest absolute Gasteiger partial charge is 0.478 e. The van der Waals surface area contributed by atoms with Crippen LogP contribution >= 0.6 is 0 Å². The number of carboxylic acid groups (broad SMARTS) is 1. The summed E-state index contributed by atoms with van der Waals surface area (Å²) in [7, 11) is 0. The zero-order valence-electron chi connectivity index (χ0n) is 7.68. The smallest absolute Gasteiger partial charge is 0.348 e. The summed E-state index contributed by atoms with van der Waals surface area (Å²) in [5.74, 6) is -1.45. The summed E-state index contributed by atoms with van der Waals surface area (Å²) in [5, 5.41) is 12.3. The van der Waals surface area contributed by atoms with E-state index in [0.29, 0.717) is 11.3 Å². The van der Waals surface area contributed by atoms with E-state index in [1.165, 1.54) is 12.1 Å². The van der Waals surface area contributed by atoms with Gasteiger partial charge in [-0.25, -0.2) is 9.18 Å². The molecule has 1 N–H and O–H groups in total. The van der Waals surface area contributed by atoms with Crippen molar-refractivity contribution in [1.82, 2.24) is 0 Å². The lowest BCUT2D eigenvalue weighted by Crippen LogP contribution is -2.19. The van der Waals surface area contributed by atoms with Crippen LogP contribution in [0, 0.1) is 5.82 Å². The van der Waals surface area contributed by atoms with E-state index in [2.05, 4.69) is 9.99 Å². The molecular weight excluding hydrogens is 201 g/mol. The third-order valence-electron chi connectivity index (χ3n) is 2.10.